The van der Waals surface area contributed by atoms with Crippen molar-refractivity contribution in [1.82, 2.24) is 0 Å². The number of thiophene rings is 1. The monoisotopic (exact) mass is 278 g/mol. The summed E-state index contributed by atoms with van der Waals surface area (Å²) in [6, 6.07) is 3.37. The Hall–Kier alpha value is -0.190. The minimum absolute atomic E-state index is 0.0924. The molecule has 0 aliphatic rings. The first-order valence-corrected chi connectivity index (χ1v) is 7.34. The highest BCUT2D eigenvalue weighted by Crippen LogP contribution is 2.25. The van der Waals surface area contributed by atoms with Crippen LogP contribution in [0.2, 0.25) is 4.34 Å². The van der Waals surface area contributed by atoms with E-state index >= 15 is 0 Å². The summed E-state index contributed by atoms with van der Waals surface area (Å²) < 4.78 is 12.2. The van der Waals surface area contributed by atoms with Gasteiger partial charge in [-0.15, -0.1) is 11.3 Å². The van der Waals surface area contributed by atoms with Gasteiger partial charge >= 0.3 is 0 Å². The SMILES string of the molecule is CC(C(=O)c1ccc(Cl)s1)S(=O)C(C)(C)C. The van der Waals surface area contributed by atoms with Crippen LogP contribution >= 0.6 is 22.9 Å². The van der Waals surface area contributed by atoms with Crippen LogP contribution in [0.3, 0.4) is 0 Å². The molecule has 5 heteroatoms. The highest BCUT2D eigenvalue weighted by atomic mass is 35.5. The second-order valence-corrected chi connectivity index (χ2v) is 8.76. The number of rotatable bonds is 3. The van der Waals surface area contributed by atoms with E-state index in [1.54, 1.807) is 19.1 Å². The maximum absolute atomic E-state index is 12.0. The van der Waals surface area contributed by atoms with Crippen molar-refractivity contribution in [3.8, 4) is 0 Å². The Morgan fingerprint density at radius 2 is 2.00 bits per heavy atom. The Kier molecular flexibility index (Phi) is 4.32. The predicted molar refractivity (Wildman–Crippen MR) is 71.0 cm³/mol. The zero-order chi connectivity index (χ0) is 12.5. The number of carbonyl (C=O) groups is 1. The summed E-state index contributed by atoms with van der Waals surface area (Å²) in [5.41, 5.74) is 0. The van der Waals surface area contributed by atoms with Gasteiger partial charge in [0.05, 0.1) is 14.5 Å². The molecule has 0 fully saturated rings. The molecule has 1 aromatic heterocycles. The third-order valence-electron chi connectivity index (χ3n) is 2.11. The van der Waals surface area contributed by atoms with Crippen molar-refractivity contribution in [2.24, 2.45) is 0 Å². The highest BCUT2D eigenvalue weighted by molar-refractivity contribution is 7.87. The summed E-state index contributed by atoms with van der Waals surface area (Å²) in [6.45, 7) is 7.31. The van der Waals surface area contributed by atoms with E-state index in [1.807, 2.05) is 20.8 Å². The van der Waals surface area contributed by atoms with Crippen LogP contribution in [-0.2, 0) is 10.8 Å². The third-order valence-corrected chi connectivity index (χ3v) is 5.42. The first-order valence-electron chi connectivity index (χ1n) is 4.93. The molecule has 0 N–H and O–H groups in total. The predicted octanol–water partition coefficient (Wildman–Crippen LogP) is 3.52. The fraction of sp³-hybridized carbons (Fsp3) is 0.545. The standard InChI is InChI=1S/C11H15ClO2S2/c1-7(16(14)11(2,3)4)10(13)8-5-6-9(12)15-8/h5-7H,1-4H3. The molecule has 0 amide bonds. The van der Waals surface area contributed by atoms with Crippen molar-refractivity contribution in [1.29, 1.82) is 0 Å². The Morgan fingerprint density at radius 3 is 2.38 bits per heavy atom. The second kappa shape index (κ2) is 4.98. The Bertz CT molecular complexity index is 418. The molecular formula is C11H15ClO2S2. The summed E-state index contributed by atoms with van der Waals surface area (Å²) in [7, 11) is -1.19. The molecule has 0 aliphatic heterocycles. The molecule has 0 spiro atoms. The van der Waals surface area contributed by atoms with Gasteiger partial charge in [0.25, 0.3) is 0 Å². The van der Waals surface area contributed by atoms with Crippen LogP contribution in [0.25, 0.3) is 0 Å². The maximum atomic E-state index is 12.0. The summed E-state index contributed by atoms with van der Waals surface area (Å²) >= 11 is 7.00. The van der Waals surface area contributed by atoms with Gasteiger partial charge in [0.15, 0.2) is 5.78 Å². The number of carbonyl (C=O) groups excluding carboxylic acids is 1. The third kappa shape index (κ3) is 3.15. The van der Waals surface area contributed by atoms with E-state index in [-0.39, 0.29) is 10.5 Å². The van der Waals surface area contributed by atoms with E-state index in [0.717, 1.165) is 0 Å². The van der Waals surface area contributed by atoms with Crippen molar-refractivity contribution < 1.29 is 9.00 Å². The number of hydrogen-bond acceptors (Lipinski definition) is 3. The van der Waals surface area contributed by atoms with Crippen LogP contribution < -0.4 is 0 Å². The molecule has 1 heterocycles. The molecule has 2 nitrogen and oxygen atoms in total. The van der Waals surface area contributed by atoms with Gasteiger partial charge < -0.3 is 0 Å². The maximum Gasteiger partial charge on any atom is 0.188 e. The smallest absolute Gasteiger partial charge is 0.188 e. The normalized spacial score (nSPS) is 15.8. The van der Waals surface area contributed by atoms with Gasteiger partial charge in [0.2, 0.25) is 0 Å². The van der Waals surface area contributed by atoms with Gasteiger partial charge in [-0.25, -0.2) is 0 Å². The largest absolute Gasteiger partial charge is 0.292 e. The Balaban J connectivity index is 2.87. The van der Waals surface area contributed by atoms with Crippen molar-refractivity contribution in [3.63, 3.8) is 0 Å². The average molecular weight is 279 g/mol. The molecule has 0 saturated carbocycles. The molecule has 0 aliphatic carbocycles. The van der Waals surface area contributed by atoms with Crippen molar-refractivity contribution >= 4 is 39.5 Å². The minimum atomic E-state index is -1.19. The van der Waals surface area contributed by atoms with Crippen LogP contribution in [0, 0.1) is 0 Å². The topological polar surface area (TPSA) is 34.1 Å². The van der Waals surface area contributed by atoms with Crippen LogP contribution in [0.15, 0.2) is 12.1 Å². The van der Waals surface area contributed by atoms with Gasteiger partial charge in [-0.2, -0.15) is 0 Å². The first kappa shape index (κ1) is 13.9. The number of halogens is 1. The Morgan fingerprint density at radius 1 is 1.44 bits per heavy atom. The zero-order valence-corrected chi connectivity index (χ0v) is 12.1. The van der Waals surface area contributed by atoms with Crippen molar-refractivity contribution in [2.45, 2.75) is 37.7 Å². The van der Waals surface area contributed by atoms with E-state index in [4.69, 9.17) is 11.6 Å². The lowest BCUT2D eigenvalue weighted by Gasteiger charge is -2.21. The summed E-state index contributed by atoms with van der Waals surface area (Å²) in [6.07, 6.45) is 0. The lowest BCUT2D eigenvalue weighted by Crippen LogP contribution is -2.34. The fourth-order valence-corrected chi connectivity index (χ4v) is 3.80. The summed E-state index contributed by atoms with van der Waals surface area (Å²) in [5, 5.41) is -0.491. The summed E-state index contributed by atoms with van der Waals surface area (Å²) in [4.78, 5) is 12.6. The van der Waals surface area contributed by atoms with Crippen LogP contribution in [0.4, 0.5) is 0 Å². The van der Waals surface area contributed by atoms with E-state index in [2.05, 4.69) is 0 Å². The lowest BCUT2D eigenvalue weighted by atomic mass is 10.2. The number of hydrogen-bond donors (Lipinski definition) is 0. The molecule has 0 aromatic carbocycles. The quantitative estimate of drug-likeness (QED) is 0.793. The van der Waals surface area contributed by atoms with Crippen LogP contribution in [0.1, 0.15) is 37.4 Å². The van der Waals surface area contributed by atoms with Crippen LogP contribution in [0.5, 0.6) is 0 Å². The van der Waals surface area contributed by atoms with E-state index in [1.165, 1.54) is 11.3 Å². The summed E-state index contributed by atoms with van der Waals surface area (Å²) in [5.74, 6) is -0.0924. The highest BCUT2D eigenvalue weighted by Gasteiger charge is 2.30. The zero-order valence-electron chi connectivity index (χ0n) is 9.74. The molecule has 2 unspecified atom stereocenters. The molecule has 1 aromatic rings. The van der Waals surface area contributed by atoms with Gasteiger partial charge in [-0.1, -0.05) is 11.6 Å². The molecule has 90 valence electrons. The lowest BCUT2D eigenvalue weighted by molar-refractivity contribution is 0.0996. The molecule has 0 saturated heterocycles. The molecule has 1 rings (SSSR count). The van der Waals surface area contributed by atoms with Crippen molar-refractivity contribution in [3.05, 3.63) is 21.3 Å². The average Bonchev–Trinajstić information content (AvgIpc) is 2.60. The van der Waals surface area contributed by atoms with E-state index in [0.29, 0.717) is 9.21 Å². The minimum Gasteiger partial charge on any atom is -0.292 e. The van der Waals surface area contributed by atoms with Crippen LogP contribution in [-0.4, -0.2) is 20.0 Å². The molecule has 16 heavy (non-hydrogen) atoms. The molecule has 0 bridgehead atoms. The van der Waals surface area contributed by atoms with Gasteiger partial charge in [-0.05, 0) is 39.8 Å². The fourth-order valence-electron chi connectivity index (χ4n) is 1.27. The van der Waals surface area contributed by atoms with Gasteiger partial charge in [0, 0.05) is 15.5 Å². The van der Waals surface area contributed by atoms with Gasteiger partial charge in [-0.3, -0.25) is 9.00 Å². The van der Waals surface area contributed by atoms with Crippen molar-refractivity contribution in [2.75, 3.05) is 0 Å². The van der Waals surface area contributed by atoms with E-state index < -0.39 is 16.0 Å². The molecular weight excluding hydrogens is 264 g/mol. The molecule has 2 atom stereocenters. The number of Topliss-reactive ketones (excluding diaryl/α,β-unsaturated/α-hetero) is 1. The first-order chi connectivity index (χ1) is 7.23. The van der Waals surface area contributed by atoms with Gasteiger partial charge in [0.1, 0.15) is 0 Å². The second-order valence-electron chi connectivity index (χ2n) is 4.52. The molecule has 0 radical (unpaired) electrons. The number of ketones is 1. The Labute approximate surface area is 107 Å². The van der Waals surface area contributed by atoms with E-state index in [9.17, 15) is 9.00 Å².